The first-order valence-corrected chi connectivity index (χ1v) is 10.3. The van der Waals surface area contributed by atoms with Gasteiger partial charge in [0.1, 0.15) is 0 Å². The molecule has 1 aliphatic heterocycles. The second kappa shape index (κ2) is 8.17. The second-order valence-corrected chi connectivity index (χ2v) is 8.31. The molecule has 1 aliphatic carbocycles. The highest BCUT2D eigenvalue weighted by molar-refractivity contribution is 5.86. The fourth-order valence-electron chi connectivity index (χ4n) is 4.88. The molecule has 0 bridgehead atoms. The molecule has 0 spiro atoms. The number of hydrogen-bond acceptors (Lipinski definition) is 2. The summed E-state index contributed by atoms with van der Waals surface area (Å²) >= 11 is 0. The first kappa shape index (κ1) is 19.9. The first-order valence-electron chi connectivity index (χ1n) is 10.3. The van der Waals surface area contributed by atoms with Crippen molar-refractivity contribution in [3.8, 4) is 0 Å². The number of nitrogens with zero attached hydrogens (tertiary/aromatic N) is 1. The van der Waals surface area contributed by atoms with Crippen LogP contribution in [0.1, 0.15) is 29.4 Å². The van der Waals surface area contributed by atoms with E-state index in [9.17, 15) is 4.79 Å². The minimum Gasteiger partial charge on any atom is -0.341 e. The third-order valence-electron chi connectivity index (χ3n) is 6.59. The average molecular weight is 407 g/mol. The minimum atomic E-state index is 0. The summed E-state index contributed by atoms with van der Waals surface area (Å²) in [6, 6.07) is 25.6. The Morgan fingerprint density at radius 3 is 2.34 bits per heavy atom. The molecule has 29 heavy (non-hydrogen) atoms. The molecule has 4 heteroatoms. The van der Waals surface area contributed by atoms with Crippen molar-refractivity contribution in [2.24, 2.45) is 17.6 Å². The molecule has 3 nitrogen and oxygen atoms in total. The van der Waals surface area contributed by atoms with E-state index in [2.05, 4.69) is 71.6 Å². The van der Waals surface area contributed by atoms with Gasteiger partial charge in [-0.05, 0) is 46.7 Å². The number of rotatable bonds is 4. The lowest BCUT2D eigenvalue weighted by Crippen LogP contribution is -2.31. The van der Waals surface area contributed by atoms with Crippen molar-refractivity contribution in [1.29, 1.82) is 0 Å². The SMILES string of the molecule is Cl.NC[C@@H]1CN(C(=O)C2CC2c2ccc3ccccc3c2)C[C@H]1c1ccccc1. The quantitative estimate of drug-likeness (QED) is 0.690. The van der Waals surface area contributed by atoms with Crippen LogP contribution in [0.3, 0.4) is 0 Å². The fourth-order valence-corrected chi connectivity index (χ4v) is 4.88. The van der Waals surface area contributed by atoms with Gasteiger partial charge in [-0.1, -0.05) is 72.8 Å². The summed E-state index contributed by atoms with van der Waals surface area (Å²) in [4.78, 5) is 15.2. The molecule has 2 unspecified atom stereocenters. The molecule has 1 amide bonds. The van der Waals surface area contributed by atoms with E-state index in [1.54, 1.807) is 0 Å². The van der Waals surface area contributed by atoms with Crippen molar-refractivity contribution in [1.82, 2.24) is 4.90 Å². The molecule has 3 aromatic carbocycles. The van der Waals surface area contributed by atoms with Crippen LogP contribution >= 0.6 is 12.4 Å². The number of carbonyl (C=O) groups excluding carboxylic acids is 1. The molecule has 4 atom stereocenters. The summed E-state index contributed by atoms with van der Waals surface area (Å²) in [6.07, 6.45) is 0.969. The Balaban J connectivity index is 0.00000205. The van der Waals surface area contributed by atoms with Crippen LogP contribution < -0.4 is 5.73 Å². The lowest BCUT2D eigenvalue weighted by atomic mass is 9.89. The molecule has 2 N–H and O–H groups in total. The first-order chi connectivity index (χ1) is 13.7. The van der Waals surface area contributed by atoms with Gasteiger partial charge in [0, 0.05) is 24.9 Å². The van der Waals surface area contributed by atoms with E-state index in [-0.39, 0.29) is 18.3 Å². The van der Waals surface area contributed by atoms with Crippen LogP contribution in [0.2, 0.25) is 0 Å². The molecule has 1 saturated carbocycles. The number of nitrogens with two attached hydrogens (primary N) is 1. The zero-order valence-electron chi connectivity index (χ0n) is 16.4. The van der Waals surface area contributed by atoms with Gasteiger partial charge in [0.25, 0.3) is 0 Å². The number of carbonyl (C=O) groups is 1. The standard InChI is InChI=1S/C25H26N2O.ClH/c26-14-21-15-27(16-24(21)18-7-2-1-3-8-18)25(28)23-13-22(23)20-11-10-17-6-4-5-9-19(17)12-20;/h1-12,21-24H,13-16,26H2;1H/t21-,22?,23?,24+;/m1./s1. The van der Waals surface area contributed by atoms with Crippen molar-refractivity contribution >= 4 is 29.1 Å². The molecule has 0 aromatic heterocycles. The summed E-state index contributed by atoms with van der Waals surface area (Å²) in [5.74, 6) is 1.52. The largest absolute Gasteiger partial charge is 0.341 e. The number of benzene rings is 3. The Kier molecular flexibility index (Phi) is 5.62. The Morgan fingerprint density at radius 2 is 1.59 bits per heavy atom. The molecule has 0 radical (unpaired) electrons. The van der Waals surface area contributed by atoms with Crippen LogP contribution in [0.5, 0.6) is 0 Å². The Labute approximate surface area is 178 Å². The highest BCUT2D eigenvalue weighted by Gasteiger charge is 2.48. The van der Waals surface area contributed by atoms with Gasteiger partial charge in [0.2, 0.25) is 5.91 Å². The molecule has 2 fully saturated rings. The Hall–Kier alpha value is -2.36. The van der Waals surface area contributed by atoms with Gasteiger partial charge >= 0.3 is 0 Å². The maximum atomic E-state index is 13.2. The van der Waals surface area contributed by atoms with Gasteiger partial charge in [0.15, 0.2) is 0 Å². The van der Waals surface area contributed by atoms with Crippen molar-refractivity contribution in [3.05, 3.63) is 83.9 Å². The topological polar surface area (TPSA) is 46.3 Å². The fraction of sp³-hybridized carbons (Fsp3) is 0.320. The van der Waals surface area contributed by atoms with Crippen molar-refractivity contribution in [2.75, 3.05) is 19.6 Å². The average Bonchev–Trinajstić information content (AvgIpc) is 3.44. The van der Waals surface area contributed by atoms with E-state index < -0.39 is 0 Å². The second-order valence-electron chi connectivity index (χ2n) is 8.31. The van der Waals surface area contributed by atoms with E-state index >= 15 is 0 Å². The van der Waals surface area contributed by atoms with Gasteiger partial charge in [-0.3, -0.25) is 4.79 Å². The minimum absolute atomic E-state index is 0. The van der Waals surface area contributed by atoms with Crippen LogP contribution in [0.15, 0.2) is 72.8 Å². The summed E-state index contributed by atoms with van der Waals surface area (Å²) in [7, 11) is 0. The van der Waals surface area contributed by atoms with E-state index in [0.717, 1.165) is 19.5 Å². The predicted molar refractivity (Wildman–Crippen MR) is 120 cm³/mol. The molecular weight excluding hydrogens is 380 g/mol. The molecule has 5 rings (SSSR count). The van der Waals surface area contributed by atoms with Crippen LogP contribution in [0.4, 0.5) is 0 Å². The molecule has 1 heterocycles. The summed E-state index contributed by atoms with van der Waals surface area (Å²) < 4.78 is 0. The molecular formula is C25H27ClN2O. The Bertz CT molecular complexity index is 1010. The number of hydrogen-bond donors (Lipinski definition) is 1. The highest BCUT2D eigenvalue weighted by Crippen LogP contribution is 2.50. The van der Waals surface area contributed by atoms with Crippen molar-refractivity contribution < 1.29 is 4.79 Å². The molecule has 3 aromatic rings. The predicted octanol–water partition coefficient (Wildman–Crippen LogP) is 4.57. The van der Waals surface area contributed by atoms with E-state index in [0.29, 0.717) is 30.2 Å². The zero-order valence-corrected chi connectivity index (χ0v) is 17.2. The number of halogens is 1. The van der Waals surface area contributed by atoms with Gasteiger partial charge in [0.05, 0.1) is 0 Å². The maximum absolute atomic E-state index is 13.2. The van der Waals surface area contributed by atoms with Gasteiger partial charge < -0.3 is 10.6 Å². The molecule has 150 valence electrons. The Morgan fingerprint density at radius 1 is 0.862 bits per heavy atom. The summed E-state index contributed by atoms with van der Waals surface area (Å²) in [6.45, 7) is 2.21. The number of amides is 1. The lowest BCUT2D eigenvalue weighted by Gasteiger charge is -2.17. The lowest BCUT2D eigenvalue weighted by molar-refractivity contribution is -0.131. The van der Waals surface area contributed by atoms with E-state index in [1.165, 1.54) is 21.9 Å². The smallest absolute Gasteiger partial charge is 0.226 e. The van der Waals surface area contributed by atoms with Gasteiger partial charge in [-0.15, -0.1) is 12.4 Å². The summed E-state index contributed by atoms with van der Waals surface area (Å²) in [5.41, 5.74) is 8.65. The normalized spacial score (nSPS) is 25.6. The third kappa shape index (κ3) is 3.77. The molecule has 1 saturated heterocycles. The van der Waals surface area contributed by atoms with Crippen molar-refractivity contribution in [3.63, 3.8) is 0 Å². The van der Waals surface area contributed by atoms with Crippen LogP contribution in [0, 0.1) is 11.8 Å². The highest BCUT2D eigenvalue weighted by atomic mass is 35.5. The molecule has 2 aliphatic rings. The van der Waals surface area contributed by atoms with E-state index in [1.807, 2.05) is 6.07 Å². The number of fused-ring (bicyclic) bond motifs is 1. The van der Waals surface area contributed by atoms with Crippen LogP contribution in [0.25, 0.3) is 10.8 Å². The van der Waals surface area contributed by atoms with Crippen LogP contribution in [-0.4, -0.2) is 30.4 Å². The summed E-state index contributed by atoms with van der Waals surface area (Å²) in [5, 5.41) is 2.51. The van der Waals surface area contributed by atoms with Gasteiger partial charge in [-0.2, -0.15) is 0 Å². The van der Waals surface area contributed by atoms with Crippen LogP contribution in [-0.2, 0) is 4.79 Å². The maximum Gasteiger partial charge on any atom is 0.226 e. The van der Waals surface area contributed by atoms with E-state index in [4.69, 9.17) is 5.73 Å². The third-order valence-corrected chi connectivity index (χ3v) is 6.59. The van der Waals surface area contributed by atoms with Gasteiger partial charge in [-0.25, -0.2) is 0 Å². The monoisotopic (exact) mass is 406 g/mol. The number of likely N-dealkylation sites (tertiary alicyclic amines) is 1. The zero-order chi connectivity index (χ0) is 19.1. The van der Waals surface area contributed by atoms with Crippen molar-refractivity contribution in [2.45, 2.75) is 18.3 Å².